The number of rotatable bonds is 2. The Morgan fingerprint density at radius 2 is 1.96 bits per heavy atom. The van der Waals surface area contributed by atoms with E-state index in [1.54, 1.807) is 31.2 Å². The lowest BCUT2D eigenvalue weighted by molar-refractivity contribution is 0.314. The monoisotopic (exact) mass is 358 g/mol. The number of fused-ring (bicyclic) bond motifs is 3. The highest BCUT2D eigenvalue weighted by Gasteiger charge is 2.25. The fourth-order valence-electron chi connectivity index (χ4n) is 3.06. The summed E-state index contributed by atoms with van der Waals surface area (Å²) in [6.45, 7) is 2.50. The first kappa shape index (κ1) is 15.8. The van der Waals surface area contributed by atoms with Gasteiger partial charge in [0.2, 0.25) is 0 Å². The molecule has 3 aromatic rings. The molecule has 2 aromatic carbocycles. The van der Waals surface area contributed by atoms with Crippen molar-refractivity contribution in [2.45, 2.75) is 11.8 Å². The Morgan fingerprint density at radius 1 is 1.20 bits per heavy atom. The minimum absolute atomic E-state index is 0.126. The predicted molar refractivity (Wildman–Crippen MR) is 93.5 cm³/mol. The van der Waals surface area contributed by atoms with Gasteiger partial charge in [0, 0.05) is 28.9 Å². The number of aromatic nitrogens is 1. The summed E-state index contributed by atoms with van der Waals surface area (Å²) in [6.07, 6.45) is 1.44. The fraction of sp³-hybridized carbons (Fsp3) is 0.167. The number of hydrogen-bond acceptors (Lipinski definition) is 4. The Kier molecular flexibility index (Phi) is 3.61. The molecule has 0 spiro atoms. The normalized spacial score (nSPS) is 14.6. The summed E-state index contributed by atoms with van der Waals surface area (Å²) in [6, 6.07) is 10.9. The van der Waals surface area contributed by atoms with Crippen molar-refractivity contribution in [3.63, 3.8) is 0 Å². The highest BCUT2D eigenvalue weighted by molar-refractivity contribution is 7.90. The molecule has 128 valence electrons. The molecule has 25 heavy (non-hydrogen) atoms. The molecule has 1 aliphatic heterocycles. The lowest BCUT2D eigenvalue weighted by atomic mass is 10.0. The van der Waals surface area contributed by atoms with Gasteiger partial charge in [0.15, 0.2) is 11.6 Å². The standard InChI is InChI=1S/C18H15FN2O3S/c1-12-17-14-7-9-21(25(22,23)13-5-3-2-4-6-13)16(14)11-15(19)18(17)24-10-8-20-12/h2-7,9,11H,8,10H2,1H3. The molecule has 2 heterocycles. The third kappa shape index (κ3) is 2.42. The topological polar surface area (TPSA) is 60.7 Å². The largest absolute Gasteiger partial charge is 0.488 e. The SMILES string of the molecule is CC1=NCCOc2c(F)cc3c(ccn3S(=O)(=O)c3ccccc3)c21. The van der Waals surface area contributed by atoms with Gasteiger partial charge in [-0.15, -0.1) is 0 Å². The lowest BCUT2D eigenvalue weighted by Crippen LogP contribution is -2.12. The van der Waals surface area contributed by atoms with E-state index in [1.165, 1.54) is 24.4 Å². The summed E-state index contributed by atoms with van der Waals surface area (Å²) < 4.78 is 47.0. The van der Waals surface area contributed by atoms with Crippen LogP contribution in [0.15, 0.2) is 58.5 Å². The Morgan fingerprint density at radius 3 is 2.72 bits per heavy atom. The van der Waals surface area contributed by atoms with Crippen molar-refractivity contribution in [2.24, 2.45) is 4.99 Å². The Hall–Kier alpha value is -2.67. The number of aliphatic imine (C=N–C) groups is 1. The number of halogens is 1. The van der Waals surface area contributed by atoms with E-state index in [0.29, 0.717) is 23.2 Å². The summed E-state index contributed by atoms with van der Waals surface area (Å²) in [5, 5.41) is 0.596. The van der Waals surface area contributed by atoms with Crippen LogP contribution in [0.2, 0.25) is 0 Å². The maximum atomic E-state index is 14.6. The van der Waals surface area contributed by atoms with Crippen molar-refractivity contribution in [3.05, 3.63) is 60.0 Å². The molecule has 0 unspecified atom stereocenters. The van der Waals surface area contributed by atoms with Crippen LogP contribution in [0.5, 0.6) is 5.75 Å². The number of nitrogens with zero attached hydrogens (tertiary/aromatic N) is 2. The van der Waals surface area contributed by atoms with Gasteiger partial charge >= 0.3 is 0 Å². The van der Waals surface area contributed by atoms with Crippen molar-refractivity contribution >= 4 is 26.6 Å². The molecule has 0 saturated carbocycles. The molecule has 0 bridgehead atoms. The second-order valence-corrected chi connectivity index (χ2v) is 7.56. The van der Waals surface area contributed by atoms with Crippen molar-refractivity contribution in [1.82, 2.24) is 3.97 Å². The van der Waals surface area contributed by atoms with E-state index in [-0.39, 0.29) is 22.8 Å². The molecule has 0 atom stereocenters. The van der Waals surface area contributed by atoms with Gasteiger partial charge in [-0.2, -0.15) is 0 Å². The van der Waals surface area contributed by atoms with Crippen LogP contribution in [0, 0.1) is 5.82 Å². The van der Waals surface area contributed by atoms with E-state index < -0.39 is 15.8 Å². The zero-order chi connectivity index (χ0) is 17.6. The highest BCUT2D eigenvalue weighted by atomic mass is 32.2. The van der Waals surface area contributed by atoms with Crippen LogP contribution in [0.3, 0.4) is 0 Å². The van der Waals surface area contributed by atoms with Crippen LogP contribution in [-0.4, -0.2) is 31.3 Å². The van der Waals surface area contributed by atoms with Crippen LogP contribution in [0.25, 0.3) is 10.9 Å². The molecule has 0 saturated heterocycles. The predicted octanol–water partition coefficient (Wildman–Crippen LogP) is 3.22. The molecule has 1 aliphatic rings. The molecule has 0 aliphatic carbocycles. The molecule has 0 amide bonds. The second kappa shape index (κ2) is 5.70. The maximum Gasteiger partial charge on any atom is 0.268 e. The molecule has 0 radical (unpaired) electrons. The third-order valence-corrected chi connectivity index (χ3v) is 5.92. The van der Waals surface area contributed by atoms with Crippen molar-refractivity contribution in [1.29, 1.82) is 0 Å². The quantitative estimate of drug-likeness (QED) is 0.707. The van der Waals surface area contributed by atoms with Crippen molar-refractivity contribution in [2.75, 3.05) is 13.2 Å². The molecule has 0 fully saturated rings. The van der Waals surface area contributed by atoms with Gasteiger partial charge in [-0.05, 0) is 25.1 Å². The first-order valence-corrected chi connectivity index (χ1v) is 9.22. The van der Waals surface area contributed by atoms with Gasteiger partial charge in [0.1, 0.15) is 6.61 Å². The third-order valence-electron chi connectivity index (χ3n) is 4.22. The smallest absolute Gasteiger partial charge is 0.268 e. The average molecular weight is 358 g/mol. The molecule has 1 aromatic heterocycles. The molecular weight excluding hydrogens is 343 g/mol. The Labute approximate surface area is 144 Å². The lowest BCUT2D eigenvalue weighted by Gasteiger charge is -2.12. The second-order valence-electron chi connectivity index (χ2n) is 5.74. The van der Waals surface area contributed by atoms with Gasteiger partial charge in [-0.1, -0.05) is 18.2 Å². The van der Waals surface area contributed by atoms with Crippen molar-refractivity contribution in [3.8, 4) is 5.75 Å². The number of benzene rings is 2. The van der Waals surface area contributed by atoms with E-state index in [2.05, 4.69) is 4.99 Å². The Balaban J connectivity index is 2.02. The van der Waals surface area contributed by atoms with Gasteiger partial charge < -0.3 is 4.74 Å². The number of ether oxygens (including phenoxy) is 1. The highest BCUT2D eigenvalue weighted by Crippen LogP contribution is 2.35. The van der Waals surface area contributed by atoms with Crippen LogP contribution in [-0.2, 0) is 10.0 Å². The van der Waals surface area contributed by atoms with Gasteiger partial charge in [0.25, 0.3) is 10.0 Å². The van der Waals surface area contributed by atoms with Crippen LogP contribution >= 0.6 is 0 Å². The van der Waals surface area contributed by atoms with Gasteiger partial charge in [-0.3, -0.25) is 4.99 Å². The van der Waals surface area contributed by atoms with Gasteiger partial charge in [0.05, 0.1) is 17.0 Å². The molecule has 0 N–H and O–H groups in total. The van der Waals surface area contributed by atoms with Crippen LogP contribution in [0.4, 0.5) is 4.39 Å². The maximum absolute atomic E-state index is 14.6. The molecular formula is C18H15FN2O3S. The summed E-state index contributed by atoms with van der Waals surface area (Å²) in [5.74, 6) is -0.469. The van der Waals surface area contributed by atoms with Gasteiger partial charge in [-0.25, -0.2) is 16.8 Å². The molecule has 7 heteroatoms. The minimum Gasteiger partial charge on any atom is -0.488 e. The van der Waals surface area contributed by atoms with Crippen LogP contribution < -0.4 is 4.74 Å². The fourth-order valence-corrected chi connectivity index (χ4v) is 4.42. The summed E-state index contributed by atoms with van der Waals surface area (Å²) in [7, 11) is -3.82. The zero-order valence-corrected chi connectivity index (χ0v) is 14.3. The molecule has 5 nitrogen and oxygen atoms in total. The first-order chi connectivity index (χ1) is 12.0. The summed E-state index contributed by atoms with van der Waals surface area (Å²) >= 11 is 0. The zero-order valence-electron chi connectivity index (χ0n) is 13.4. The van der Waals surface area contributed by atoms with E-state index in [4.69, 9.17) is 4.74 Å². The Bertz CT molecular complexity index is 1100. The average Bonchev–Trinajstić information content (AvgIpc) is 2.93. The number of hydrogen-bond donors (Lipinski definition) is 0. The van der Waals surface area contributed by atoms with Crippen LogP contribution in [0.1, 0.15) is 12.5 Å². The van der Waals surface area contributed by atoms with E-state index in [1.807, 2.05) is 0 Å². The van der Waals surface area contributed by atoms with E-state index >= 15 is 0 Å². The van der Waals surface area contributed by atoms with E-state index in [9.17, 15) is 12.8 Å². The first-order valence-electron chi connectivity index (χ1n) is 7.78. The summed E-state index contributed by atoms with van der Waals surface area (Å²) in [5.41, 5.74) is 1.40. The summed E-state index contributed by atoms with van der Waals surface area (Å²) in [4.78, 5) is 4.50. The minimum atomic E-state index is -3.82. The van der Waals surface area contributed by atoms with Crippen molar-refractivity contribution < 1.29 is 17.5 Å². The molecule has 4 rings (SSSR count). The van der Waals surface area contributed by atoms with E-state index in [0.717, 1.165) is 3.97 Å².